The maximum Gasteiger partial charge on any atom is 0.261 e. The smallest absolute Gasteiger partial charge is 0.261 e. The van der Waals surface area contributed by atoms with Gasteiger partial charge in [0.2, 0.25) is 10.0 Å². The van der Waals surface area contributed by atoms with E-state index in [4.69, 9.17) is 5.21 Å². The first-order valence-electron chi connectivity index (χ1n) is 8.54. The quantitative estimate of drug-likeness (QED) is 0.443. The molecule has 1 aromatic carbocycles. The zero-order chi connectivity index (χ0) is 19.9. The number of unbranched alkanes of at least 4 members (excludes halogenated alkanes) is 1. The Morgan fingerprint density at radius 1 is 1.26 bits per heavy atom. The summed E-state index contributed by atoms with van der Waals surface area (Å²) in [7, 11) is -4.08. The molecule has 8 nitrogen and oxygen atoms in total. The first kappa shape index (κ1) is 20.8. The van der Waals surface area contributed by atoms with Crippen LogP contribution in [-0.4, -0.2) is 40.0 Å². The number of carbonyl (C=O) groups excluding carboxylic acids is 1. The molecule has 1 heterocycles. The number of phenols is 1. The molecule has 0 saturated carbocycles. The molecule has 3 N–H and O–H groups in total. The Morgan fingerprint density at radius 2 is 1.96 bits per heavy atom. The average Bonchev–Trinajstić information content (AvgIpc) is 2.68. The number of nitrogens with one attached hydrogen (secondary N) is 1. The molecule has 0 saturated heterocycles. The molecular weight excluding hydrogens is 370 g/mol. The van der Waals surface area contributed by atoms with Crippen molar-refractivity contribution < 1.29 is 23.5 Å². The number of phenolic OH excluding ortho intramolecular Hbond substituents is 1. The summed E-state index contributed by atoms with van der Waals surface area (Å²) in [5, 5.41) is 18.6. The van der Waals surface area contributed by atoms with Crippen LogP contribution in [0.25, 0.3) is 0 Å². The predicted molar refractivity (Wildman–Crippen MR) is 98.3 cm³/mol. The second-order valence-corrected chi connectivity index (χ2v) is 7.93. The lowest BCUT2D eigenvalue weighted by Crippen LogP contribution is -2.48. The third kappa shape index (κ3) is 5.25. The monoisotopic (exact) mass is 393 g/mol. The predicted octanol–water partition coefficient (Wildman–Crippen LogP) is 2.04. The van der Waals surface area contributed by atoms with Gasteiger partial charge >= 0.3 is 0 Å². The number of hydrogen-bond acceptors (Lipinski definition) is 6. The molecule has 0 unspecified atom stereocenters. The van der Waals surface area contributed by atoms with E-state index in [9.17, 15) is 18.3 Å². The van der Waals surface area contributed by atoms with E-state index in [1.807, 2.05) is 6.92 Å². The van der Waals surface area contributed by atoms with Gasteiger partial charge in [-0.15, -0.1) is 0 Å². The topological polar surface area (TPSA) is 120 Å². The van der Waals surface area contributed by atoms with Crippen LogP contribution in [-0.2, 0) is 21.4 Å². The first-order chi connectivity index (χ1) is 12.9. The van der Waals surface area contributed by atoms with Crippen LogP contribution in [0.5, 0.6) is 5.75 Å². The van der Waals surface area contributed by atoms with Gasteiger partial charge in [0.1, 0.15) is 11.8 Å². The molecule has 0 aliphatic heterocycles. The summed E-state index contributed by atoms with van der Waals surface area (Å²) in [5.74, 6) is -0.863. The Labute approximate surface area is 158 Å². The lowest BCUT2D eigenvalue weighted by Gasteiger charge is -2.29. The fourth-order valence-corrected chi connectivity index (χ4v) is 4.27. The van der Waals surface area contributed by atoms with Crippen molar-refractivity contribution in [3.05, 3.63) is 54.4 Å². The van der Waals surface area contributed by atoms with Crippen molar-refractivity contribution in [2.45, 2.75) is 43.7 Å². The number of sulfonamides is 1. The van der Waals surface area contributed by atoms with Crippen LogP contribution in [0.3, 0.4) is 0 Å². The molecule has 1 atom stereocenters. The summed E-state index contributed by atoms with van der Waals surface area (Å²) >= 11 is 0. The zero-order valence-electron chi connectivity index (χ0n) is 14.9. The van der Waals surface area contributed by atoms with Crippen LogP contribution in [0.4, 0.5) is 0 Å². The molecule has 2 rings (SSSR count). The lowest BCUT2D eigenvalue weighted by molar-refractivity contribution is -0.133. The van der Waals surface area contributed by atoms with Crippen molar-refractivity contribution in [1.29, 1.82) is 0 Å². The molecular formula is C18H23N3O5S. The normalized spacial score (nSPS) is 12.7. The zero-order valence-corrected chi connectivity index (χ0v) is 15.8. The number of amides is 1. The molecule has 1 aromatic heterocycles. The van der Waals surface area contributed by atoms with E-state index in [0.717, 1.165) is 10.7 Å². The van der Waals surface area contributed by atoms with Gasteiger partial charge in [-0.3, -0.25) is 15.0 Å². The number of hydrogen-bond donors (Lipinski definition) is 3. The van der Waals surface area contributed by atoms with Gasteiger partial charge in [0, 0.05) is 18.9 Å². The first-order valence-corrected chi connectivity index (χ1v) is 9.98. The molecule has 2 aromatic rings. The maximum atomic E-state index is 13.2. The number of hydroxylamine groups is 1. The SMILES string of the molecule is CCCC[C@H](C(=O)NO)N(Cc1cccnc1)S(=O)(=O)c1ccc(O)cc1. The van der Waals surface area contributed by atoms with Crippen LogP contribution in [0, 0.1) is 0 Å². The van der Waals surface area contributed by atoms with Gasteiger partial charge in [0.15, 0.2) is 0 Å². The largest absolute Gasteiger partial charge is 0.508 e. The average molecular weight is 393 g/mol. The van der Waals surface area contributed by atoms with Gasteiger partial charge in [-0.25, -0.2) is 13.9 Å². The standard InChI is InChI=1S/C18H23N3O5S/c1-2-3-6-17(18(23)20-24)21(13-14-5-4-11-19-12-14)27(25,26)16-9-7-15(22)8-10-16/h4-5,7-12,17,22,24H,2-3,6,13H2,1H3,(H,20,23)/t17-/m1/s1. The summed E-state index contributed by atoms with van der Waals surface area (Å²) < 4.78 is 27.5. The van der Waals surface area contributed by atoms with Gasteiger partial charge in [-0.2, -0.15) is 4.31 Å². The summed E-state index contributed by atoms with van der Waals surface area (Å²) in [4.78, 5) is 16.2. The second-order valence-electron chi connectivity index (χ2n) is 6.04. The van der Waals surface area contributed by atoms with Gasteiger partial charge in [0.25, 0.3) is 5.91 Å². The fourth-order valence-electron chi connectivity index (χ4n) is 2.67. The van der Waals surface area contributed by atoms with E-state index in [2.05, 4.69) is 4.98 Å². The number of benzene rings is 1. The van der Waals surface area contributed by atoms with Gasteiger partial charge < -0.3 is 5.11 Å². The number of pyridine rings is 1. The molecule has 0 spiro atoms. The summed E-state index contributed by atoms with van der Waals surface area (Å²) in [6, 6.07) is 7.37. The molecule has 146 valence electrons. The number of aromatic hydroxyl groups is 1. The van der Waals surface area contributed by atoms with E-state index in [-0.39, 0.29) is 23.6 Å². The Hall–Kier alpha value is -2.49. The minimum absolute atomic E-state index is 0.0589. The van der Waals surface area contributed by atoms with Crippen molar-refractivity contribution in [1.82, 2.24) is 14.8 Å². The van der Waals surface area contributed by atoms with Crippen LogP contribution in [0.1, 0.15) is 31.7 Å². The van der Waals surface area contributed by atoms with Crippen molar-refractivity contribution in [3.8, 4) is 5.75 Å². The summed E-state index contributed by atoms with van der Waals surface area (Å²) in [6.07, 6.45) is 4.70. The number of carbonyl (C=O) groups is 1. The van der Waals surface area contributed by atoms with E-state index in [1.165, 1.54) is 30.5 Å². The van der Waals surface area contributed by atoms with E-state index in [0.29, 0.717) is 12.0 Å². The second kappa shape index (κ2) is 9.45. The molecule has 0 aliphatic carbocycles. The van der Waals surface area contributed by atoms with Crippen molar-refractivity contribution in [3.63, 3.8) is 0 Å². The Balaban J connectivity index is 2.49. The molecule has 0 bridgehead atoms. The van der Waals surface area contributed by atoms with Crippen LogP contribution in [0.2, 0.25) is 0 Å². The van der Waals surface area contributed by atoms with Crippen LogP contribution < -0.4 is 5.48 Å². The Morgan fingerprint density at radius 3 is 2.52 bits per heavy atom. The maximum absolute atomic E-state index is 13.2. The molecule has 0 fully saturated rings. The minimum atomic E-state index is -4.08. The number of rotatable bonds is 9. The van der Waals surface area contributed by atoms with E-state index in [1.54, 1.807) is 23.8 Å². The Bertz CT molecular complexity index is 841. The molecule has 27 heavy (non-hydrogen) atoms. The number of nitrogens with zero attached hydrogens (tertiary/aromatic N) is 2. The lowest BCUT2D eigenvalue weighted by atomic mass is 10.1. The highest BCUT2D eigenvalue weighted by Gasteiger charge is 2.35. The van der Waals surface area contributed by atoms with Crippen LogP contribution >= 0.6 is 0 Å². The third-order valence-electron chi connectivity index (χ3n) is 4.10. The molecule has 9 heteroatoms. The fraction of sp³-hybridized carbons (Fsp3) is 0.333. The van der Waals surface area contributed by atoms with Gasteiger partial charge in [0.05, 0.1) is 4.90 Å². The highest BCUT2D eigenvalue weighted by molar-refractivity contribution is 7.89. The summed E-state index contributed by atoms with van der Waals surface area (Å²) in [5.41, 5.74) is 2.18. The van der Waals surface area contributed by atoms with E-state index >= 15 is 0 Å². The van der Waals surface area contributed by atoms with Crippen LogP contribution in [0.15, 0.2) is 53.7 Å². The van der Waals surface area contributed by atoms with Gasteiger partial charge in [-0.1, -0.05) is 25.8 Å². The summed E-state index contributed by atoms with van der Waals surface area (Å²) in [6.45, 7) is 1.84. The highest BCUT2D eigenvalue weighted by atomic mass is 32.2. The number of aromatic nitrogens is 1. The highest BCUT2D eigenvalue weighted by Crippen LogP contribution is 2.25. The Kier molecular flexibility index (Phi) is 7.28. The van der Waals surface area contributed by atoms with Gasteiger partial charge in [-0.05, 0) is 42.3 Å². The van der Waals surface area contributed by atoms with Crippen molar-refractivity contribution in [2.75, 3.05) is 0 Å². The molecule has 0 radical (unpaired) electrons. The third-order valence-corrected chi connectivity index (χ3v) is 5.97. The molecule has 1 amide bonds. The molecule has 0 aliphatic rings. The van der Waals surface area contributed by atoms with E-state index < -0.39 is 22.0 Å². The van der Waals surface area contributed by atoms with Crippen molar-refractivity contribution in [2.24, 2.45) is 0 Å². The minimum Gasteiger partial charge on any atom is -0.508 e. The van der Waals surface area contributed by atoms with Crippen molar-refractivity contribution >= 4 is 15.9 Å².